The molecule has 0 spiro atoms. The number of aromatic hydroxyl groups is 1. The smallest absolute Gasteiger partial charge is 0.227 e. The molecule has 2 rings (SSSR count). The predicted molar refractivity (Wildman–Crippen MR) is 97.5 cm³/mol. The van der Waals surface area contributed by atoms with E-state index in [1.807, 2.05) is 11.0 Å². The number of phenols is 1. The number of carbonyl (C=O) groups excluding carboxylic acids is 1. The Bertz CT molecular complexity index is 599. The number of allylic oxidation sites excluding steroid dienone is 2. The van der Waals surface area contributed by atoms with Crippen molar-refractivity contribution in [1.29, 1.82) is 0 Å². The molecule has 1 aliphatic heterocycles. The average molecular weight is 337 g/mol. The summed E-state index contributed by atoms with van der Waals surface area (Å²) < 4.78 is 0. The van der Waals surface area contributed by atoms with E-state index in [4.69, 9.17) is 5.73 Å². The summed E-state index contributed by atoms with van der Waals surface area (Å²) in [5, 5.41) is 10.5. The lowest BCUT2D eigenvalue weighted by molar-refractivity contribution is -0.118. The van der Waals surface area contributed by atoms with Crippen LogP contribution >= 0.6 is 12.4 Å². The normalized spacial score (nSPS) is 13.3. The number of anilines is 1. The number of phenolic OH excluding ortho intramolecular Hbond substituents is 1. The molecular weight excluding hydrogens is 312 g/mol. The molecule has 4 nitrogen and oxygen atoms in total. The fraction of sp³-hybridized carbons (Fsp3) is 0.389. The van der Waals surface area contributed by atoms with Crippen molar-refractivity contribution in [2.75, 3.05) is 18.0 Å². The van der Waals surface area contributed by atoms with E-state index in [1.165, 1.54) is 0 Å². The quantitative estimate of drug-likeness (QED) is 0.752. The number of amides is 1. The summed E-state index contributed by atoms with van der Waals surface area (Å²) in [4.78, 5) is 14.1. The van der Waals surface area contributed by atoms with Gasteiger partial charge in [0, 0.05) is 24.2 Å². The van der Waals surface area contributed by atoms with Crippen LogP contribution in [0, 0.1) is 0 Å². The molecule has 0 saturated heterocycles. The number of hydrogen-bond donors (Lipinski definition) is 2. The maximum Gasteiger partial charge on any atom is 0.227 e. The van der Waals surface area contributed by atoms with Gasteiger partial charge in [-0.3, -0.25) is 4.79 Å². The van der Waals surface area contributed by atoms with Crippen LogP contribution in [0.2, 0.25) is 0 Å². The van der Waals surface area contributed by atoms with Crippen molar-refractivity contribution in [3.05, 3.63) is 48.1 Å². The zero-order valence-corrected chi connectivity index (χ0v) is 14.2. The highest BCUT2D eigenvalue weighted by atomic mass is 35.5. The second-order valence-corrected chi connectivity index (χ2v) is 5.53. The van der Waals surface area contributed by atoms with Crippen molar-refractivity contribution in [3.8, 4) is 5.75 Å². The van der Waals surface area contributed by atoms with Crippen LogP contribution in [0.25, 0.3) is 0 Å². The summed E-state index contributed by atoms with van der Waals surface area (Å²) in [6.07, 6.45) is 6.61. The predicted octanol–water partition coefficient (Wildman–Crippen LogP) is 2.90. The Labute approximate surface area is 144 Å². The number of nitrogens with zero attached hydrogens (tertiary/aromatic N) is 1. The van der Waals surface area contributed by atoms with Crippen molar-refractivity contribution in [1.82, 2.24) is 0 Å². The Morgan fingerprint density at radius 1 is 1.26 bits per heavy atom. The third-order valence-electron chi connectivity index (χ3n) is 4.05. The lowest BCUT2D eigenvalue weighted by atomic mass is 9.90. The van der Waals surface area contributed by atoms with Gasteiger partial charge in [-0.15, -0.1) is 25.6 Å². The van der Waals surface area contributed by atoms with Crippen molar-refractivity contribution in [2.45, 2.75) is 32.1 Å². The molecule has 0 aliphatic carbocycles. The highest BCUT2D eigenvalue weighted by Crippen LogP contribution is 2.38. The number of fused-ring (bicyclic) bond motifs is 1. The maximum absolute atomic E-state index is 12.3. The van der Waals surface area contributed by atoms with E-state index in [2.05, 4.69) is 13.2 Å². The summed E-state index contributed by atoms with van der Waals surface area (Å²) in [7, 11) is 0. The zero-order valence-electron chi connectivity index (χ0n) is 13.4. The molecule has 23 heavy (non-hydrogen) atoms. The first-order valence-electron chi connectivity index (χ1n) is 7.72. The van der Waals surface area contributed by atoms with Crippen molar-refractivity contribution in [3.63, 3.8) is 0 Å². The zero-order chi connectivity index (χ0) is 16.1. The van der Waals surface area contributed by atoms with Gasteiger partial charge in [-0.05, 0) is 49.4 Å². The second-order valence-electron chi connectivity index (χ2n) is 5.53. The highest BCUT2D eigenvalue weighted by Gasteiger charge is 2.28. The van der Waals surface area contributed by atoms with Gasteiger partial charge in [-0.1, -0.05) is 12.2 Å². The van der Waals surface area contributed by atoms with Crippen LogP contribution < -0.4 is 10.6 Å². The molecular formula is C18H25ClN2O2. The Morgan fingerprint density at radius 2 is 1.96 bits per heavy atom. The topological polar surface area (TPSA) is 66.6 Å². The fourth-order valence-corrected chi connectivity index (χ4v) is 3.00. The average Bonchev–Trinajstić information content (AvgIpc) is 2.51. The lowest BCUT2D eigenvalue weighted by Gasteiger charge is -2.32. The second kappa shape index (κ2) is 8.75. The minimum Gasteiger partial charge on any atom is -0.507 e. The summed E-state index contributed by atoms with van der Waals surface area (Å²) in [5.41, 5.74) is 9.24. The van der Waals surface area contributed by atoms with Crippen LogP contribution in [0.3, 0.4) is 0 Å². The molecule has 1 aliphatic rings. The third kappa shape index (κ3) is 3.95. The molecule has 0 atom stereocenters. The monoisotopic (exact) mass is 336 g/mol. The van der Waals surface area contributed by atoms with Crippen molar-refractivity contribution in [2.24, 2.45) is 5.73 Å². The number of benzene rings is 1. The Kier molecular flexibility index (Phi) is 7.33. The van der Waals surface area contributed by atoms with Gasteiger partial charge in [0.15, 0.2) is 0 Å². The van der Waals surface area contributed by atoms with Gasteiger partial charge in [0.25, 0.3) is 0 Å². The molecule has 0 fully saturated rings. The standard InChI is InChI=1S/C18H24N2O2.ClH/c1-3-6-13-12-16-14(15(7-4-2)18(13)22)8-9-17(21)20(16)11-5-10-19;/h3-4,12,22H,1-2,5-11,19H2;1H. The fourth-order valence-electron chi connectivity index (χ4n) is 3.00. The highest BCUT2D eigenvalue weighted by molar-refractivity contribution is 5.97. The van der Waals surface area contributed by atoms with E-state index in [9.17, 15) is 9.90 Å². The molecule has 0 saturated carbocycles. The molecule has 1 heterocycles. The molecule has 1 aromatic carbocycles. The Hall–Kier alpha value is -1.78. The van der Waals surface area contributed by atoms with Crippen molar-refractivity contribution < 1.29 is 9.90 Å². The van der Waals surface area contributed by atoms with E-state index in [0.717, 1.165) is 28.8 Å². The number of rotatable bonds is 7. The van der Waals surface area contributed by atoms with E-state index >= 15 is 0 Å². The molecule has 0 radical (unpaired) electrons. The third-order valence-corrected chi connectivity index (χ3v) is 4.05. The molecule has 126 valence electrons. The number of halogens is 1. The maximum atomic E-state index is 12.3. The van der Waals surface area contributed by atoms with E-state index < -0.39 is 0 Å². The molecule has 3 N–H and O–H groups in total. The van der Waals surface area contributed by atoms with Crippen LogP contribution in [0.15, 0.2) is 31.4 Å². The van der Waals surface area contributed by atoms with E-state index in [0.29, 0.717) is 44.5 Å². The molecule has 0 aromatic heterocycles. The lowest BCUT2D eigenvalue weighted by Crippen LogP contribution is -2.37. The Balaban J connectivity index is 0.00000264. The first-order chi connectivity index (χ1) is 10.6. The molecule has 1 amide bonds. The van der Waals surface area contributed by atoms with Gasteiger partial charge >= 0.3 is 0 Å². The number of nitrogens with two attached hydrogens (primary N) is 1. The largest absolute Gasteiger partial charge is 0.507 e. The summed E-state index contributed by atoms with van der Waals surface area (Å²) in [6, 6.07) is 1.92. The Morgan fingerprint density at radius 3 is 2.57 bits per heavy atom. The molecule has 5 heteroatoms. The van der Waals surface area contributed by atoms with Gasteiger partial charge < -0.3 is 15.7 Å². The molecule has 0 bridgehead atoms. The molecule has 1 aromatic rings. The van der Waals surface area contributed by atoms with E-state index in [1.54, 1.807) is 12.2 Å². The minimum atomic E-state index is 0. The van der Waals surface area contributed by atoms with Crippen LogP contribution in [-0.2, 0) is 24.1 Å². The summed E-state index contributed by atoms with van der Waals surface area (Å²) in [6.45, 7) is 8.69. The van der Waals surface area contributed by atoms with Crippen LogP contribution in [0.4, 0.5) is 5.69 Å². The summed E-state index contributed by atoms with van der Waals surface area (Å²) >= 11 is 0. The van der Waals surface area contributed by atoms with Crippen LogP contribution in [0.1, 0.15) is 29.5 Å². The first kappa shape index (κ1) is 19.3. The SMILES string of the molecule is C=CCc1cc2c(c(CC=C)c1O)CCC(=O)N2CCCN.Cl. The van der Waals surface area contributed by atoms with Crippen LogP contribution in [0.5, 0.6) is 5.75 Å². The minimum absolute atomic E-state index is 0. The van der Waals surface area contributed by atoms with Gasteiger partial charge in [0.2, 0.25) is 5.91 Å². The van der Waals surface area contributed by atoms with Gasteiger partial charge in [0.05, 0.1) is 0 Å². The molecule has 0 unspecified atom stereocenters. The number of hydrogen-bond acceptors (Lipinski definition) is 3. The first-order valence-corrected chi connectivity index (χ1v) is 7.72. The van der Waals surface area contributed by atoms with Crippen LogP contribution in [-0.4, -0.2) is 24.1 Å². The van der Waals surface area contributed by atoms with Gasteiger partial charge in [0.1, 0.15) is 5.75 Å². The van der Waals surface area contributed by atoms with Gasteiger partial charge in [-0.2, -0.15) is 0 Å². The summed E-state index contributed by atoms with van der Waals surface area (Å²) in [5.74, 6) is 0.437. The van der Waals surface area contributed by atoms with E-state index in [-0.39, 0.29) is 18.3 Å². The van der Waals surface area contributed by atoms with Crippen molar-refractivity contribution >= 4 is 24.0 Å². The number of carbonyl (C=O) groups is 1. The van der Waals surface area contributed by atoms with Gasteiger partial charge in [-0.25, -0.2) is 0 Å².